The molecule has 3 heterocycles. The van der Waals surface area contributed by atoms with Gasteiger partial charge in [0, 0.05) is 42.3 Å². The van der Waals surface area contributed by atoms with Gasteiger partial charge < -0.3 is 19.1 Å². The summed E-state index contributed by atoms with van der Waals surface area (Å²) in [7, 11) is 4.00. The fraction of sp³-hybridized carbons (Fsp3) is 0.385. The quantitative estimate of drug-likeness (QED) is 0.496. The van der Waals surface area contributed by atoms with Gasteiger partial charge in [-0.1, -0.05) is 28.9 Å². The van der Waals surface area contributed by atoms with E-state index in [1.54, 1.807) is 30.1 Å². The van der Waals surface area contributed by atoms with Gasteiger partial charge in [-0.15, -0.1) is 0 Å². The summed E-state index contributed by atoms with van der Waals surface area (Å²) in [6.45, 7) is 0.456. The number of hydrogen-bond donors (Lipinski definition) is 0. The van der Waals surface area contributed by atoms with Crippen molar-refractivity contribution in [2.75, 3.05) is 14.1 Å². The number of halogens is 1. The van der Waals surface area contributed by atoms with E-state index in [-0.39, 0.29) is 17.7 Å². The minimum atomic E-state index is -0.197. The van der Waals surface area contributed by atoms with Crippen molar-refractivity contribution in [3.63, 3.8) is 0 Å². The van der Waals surface area contributed by atoms with Crippen molar-refractivity contribution >= 4 is 17.5 Å². The average molecular weight is 466 g/mol. The lowest BCUT2D eigenvalue weighted by Gasteiger charge is -2.36. The Hall–Kier alpha value is -2.83. The summed E-state index contributed by atoms with van der Waals surface area (Å²) in [5, 5.41) is 4.61. The molecule has 2 unspecified atom stereocenters. The zero-order chi connectivity index (χ0) is 22.9. The minimum Gasteiger partial charge on any atom is -0.490 e. The normalized spacial score (nSPS) is 22.3. The topological polar surface area (TPSA) is 58.8 Å². The molecule has 2 aliphatic heterocycles. The molecule has 7 heteroatoms. The van der Waals surface area contributed by atoms with Crippen LogP contribution in [0.5, 0.6) is 5.75 Å². The van der Waals surface area contributed by atoms with Crippen LogP contribution in [0.15, 0.2) is 59.1 Å². The maximum Gasteiger partial charge on any atom is 0.276 e. The molecule has 2 aliphatic rings. The first-order chi connectivity index (χ1) is 16.0. The van der Waals surface area contributed by atoms with E-state index in [4.69, 9.17) is 20.9 Å². The SMILES string of the molecule is CN(Cc1cccc(OC2CC3CCC(C2)N3C)c1)C(=O)c1cc(-c2ccc(Cl)cc2)on1. The van der Waals surface area contributed by atoms with Crippen molar-refractivity contribution in [2.45, 2.75) is 50.4 Å². The van der Waals surface area contributed by atoms with Crippen LogP contribution in [0, 0.1) is 0 Å². The van der Waals surface area contributed by atoms with E-state index in [1.165, 1.54) is 12.8 Å². The average Bonchev–Trinajstić information content (AvgIpc) is 3.36. The van der Waals surface area contributed by atoms with E-state index in [9.17, 15) is 4.79 Å². The van der Waals surface area contributed by atoms with Gasteiger partial charge in [0.1, 0.15) is 11.9 Å². The summed E-state index contributed by atoms with van der Waals surface area (Å²) in [6, 6.07) is 18.2. The van der Waals surface area contributed by atoms with Crippen molar-refractivity contribution in [3.05, 3.63) is 70.9 Å². The highest BCUT2D eigenvalue weighted by molar-refractivity contribution is 6.30. The predicted molar refractivity (Wildman–Crippen MR) is 127 cm³/mol. The Kier molecular flexibility index (Phi) is 6.13. The number of benzene rings is 2. The van der Waals surface area contributed by atoms with Gasteiger partial charge >= 0.3 is 0 Å². The third-order valence-electron chi connectivity index (χ3n) is 6.88. The van der Waals surface area contributed by atoms with E-state index in [1.807, 2.05) is 36.4 Å². The van der Waals surface area contributed by atoms with Crippen molar-refractivity contribution < 1.29 is 14.1 Å². The molecule has 1 amide bonds. The van der Waals surface area contributed by atoms with Crippen LogP contribution in [0.3, 0.4) is 0 Å². The Bertz CT molecular complexity index is 1120. The number of ether oxygens (including phenoxy) is 1. The Morgan fingerprint density at radius 3 is 2.61 bits per heavy atom. The number of carbonyl (C=O) groups is 1. The third kappa shape index (κ3) is 4.77. The molecule has 6 nitrogen and oxygen atoms in total. The van der Waals surface area contributed by atoms with Gasteiger partial charge in [0.25, 0.3) is 5.91 Å². The maximum atomic E-state index is 12.9. The Morgan fingerprint density at radius 2 is 1.88 bits per heavy atom. The number of rotatable bonds is 6. The minimum absolute atomic E-state index is 0.197. The molecule has 2 saturated heterocycles. The fourth-order valence-corrected chi connectivity index (χ4v) is 5.16. The van der Waals surface area contributed by atoms with Crippen LogP contribution < -0.4 is 4.74 Å². The summed E-state index contributed by atoms with van der Waals surface area (Å²) in [5.74, 6) is 1.21. The Labute approximate surface area is 199 Å². The summed E-state index contributed by atoms with van der Waals surface area (Å²) in [6.07, 6.45) is 4.97. The molecule has 0 radical (unpaired) electrons. The molecule has 0 N–H and O–H groups in total. The number of aromatic nitrogens is 1. The van der Waals surface area contributed by atoms with Crippen LogP contribution in [-0.2, 0) is 6.54 Å². The molecule has 0 saturated carbocycles. The van der Waals surface area contributed by atoms with E-state index < -0.39 is 0 Å². The van der Waals surface area contributed by atoms with Gasteiger partial charge in [-0.2, -0.15) is 0 Å². The van der Waals surface area contributed by atoms with Crippen LogP contribution in [0.2, 0.25) is 5.02 Å². The van der Waals surface area contributed by atoms with Crippen molar-refractivity contribution in [1.29, 1.82) is 0 Å². The van der Waals surface area contributed by atoms with Gasteiger partial charge in [0.2, 0.25) is 0 Å². The lowest BCUT2D eigenvalue weighted by molar-refractivity contribution is 0.0659. The number of fused-ring (bicyclic) bond motifs is 2. The lowest BCUT2D eigenvalue weighted by atomic mass is 10.0. The molecular weight excluding hydrogens is 438 g/mol. The molecule has 33 heavy (non-hydrogen) atoms. The van der Waals surface area contributed by atoms with Crippen LogP contribution in [0.25, 0.3) is 11.3 Å². The molecule has 3 aromatic rings. The molecule has 2 aromatic carbocycles. The monoisotopic (exact) mass is 465 g/mol. The summed E-state index contributed by atoms with van der Waals surface area (Å²) >= 11 is 5.94. The van der Waals surface area contributed by atoms with Crippen LogP contribution in [0.1, 0.15) is 41.7 Å². The second-order valence-corrected chi connectivity index (χ2v) is 9.59. The van der Waals surface area contributed by atoms with Gasteiger partial charge in [-0.05, 0) is 74.7 Å². The lowest BCUT2D eigenvalue weighted by Crippen LogP contribution is -2.43. The smallest absolute Gasteiger partial charge is 0.276 e. The highest BCUT2D eigenvalue weighted by Crippen LogP contribution is 2.36. The van der Waals surface area contributed by atoms with Gasteiger partial charge in [0.05, 0.1) is 0 Å². The first kappa shape index (κ1) is 22.0. The molecule has 0 aliphatic carbocycles. The number of nitrogens with zero attached hydrogens (tertiary/aromatic N) is 3. The largest absolute Gasteiger partial charge is 0.490 e. The number of amides is 1. The molecule has 2 fully saturated rings. The second kappa shape index (κ2) is 9.20. The molecule has 1 aromatic heterocycles. The predicted octanol–water partition coefficient (Wildman–Crippen LogP) is 5.27. The first-order valence-electron chi connectivity index (χ1n) is 11.4. The van der Waals surface area contributed by atoms with Gasteiger partial charge in [-0.25, -0.2) is 0 Å². The fourth-order valence-electron chi connectivity index (χ4n) is 5.03. The highest BCUT2D eigenvalue weighted by Gasteiger charge is 2.39. The number of hydrogen-bond acceptors (Lipinski definition) is 5. The van der Waals surface area contributed by atoms with Crippen molar-refractivity contribution in [2.24, 2.45) is 0 Å². The van der Waals surface area contributed by atoms with E-state index in [2.05, 4.69) is 17.1 Å². The zero-order valence-electron chi connectivity index (χ0n) is 18.9. The summed E-state index contributed by atoms with van der Waals surface area (Å²) in [4.78, 5) is 17.1. The Balaban J connectivity index is 1.21. The van der Waals surface area contributed by atoms with Gasteiger partial charge in [0.15, 0.2) is 11.5 Å². The van der Waals surface area contributed by atoms with E-state index in [0.717, 1.165) is 29.7 Å². The standard InChI is InChI=1S/C26H28ClN3O3/c1-29(26(31)24-15-25(33-28-24)18-6-8-19(27)9-7-18)16-17-4-3-5-22(12-17)32-23-13-20-10-11-21(14-23)30(20)2/h3-9,12,15,20-21,23H,10-11,13-14,16H2,1-2H3. The Morgan fingerprint density at radius 1 is 1.15 bits per heavy atom. The van der Waals surface area contributed by atoms with Crippen LogP contribution >= 0.6 is 11.6 Å². The third-order valence-corrected chi connectivity index (χ3v) is 7.13. The highest BCUT2D eigenvalue weighted by atomic mass is 35.5. The zero-order valence-corrected chi connectivity index (χ0v) is 19.7. The first-order valence-corrected chi connectivity index (χ1v) is 11.8. The van der Waals surface area contributed by atoms with Crippen LogP contribution in [0.4, 0.5) is 0 Å². The molecule has 5 rings (SSSR count). The molecule has 172 valence electrons. The molecular formula is C26H28ClN3O3. The van der Waals surface area contributed by atoms with E-state index >= 15 is 0 Å². The number of carbonyl (C=O) groups excluding carboxylic acids is 1. The van der Waals surface area contributed by atoms with E-state index in [0.29, 0.717) is 29.4 Å². The van der Waals surface area contributed by atoms with Crippen molar-refractivity contribution in [3.8, 4) is 17.1 Å². The van der Waals surface area contributed by atoms with Crippen molar-refractivity contribution in [1.82, 2.24) is 15.0 Å². The summed E-state index contributed by atoms with van der Waals surface area (Å²) < 4.78 is 11.7. The molecule has 2 bridgehead atoms. The molecule has 2 atom stereocenters. The number of piperidine rings is 1. The van der Waals surface area contributed by atoms with Crippen LogP contribution in [-0.4, -0.2) is 53.1 Å². The molecule has 0 spiro atoms. The summed E-state index contributed by atoms with van der Waals surface area (Å²) in [5.41, 5.74) is 2.11. The maximum absolute atomic E-state index is 12.9. The second-order valence-electron chi connectivity index (χ2n) is 9.15. The van der Waals surface area contributed by atoms with Gasteiger partial charge in [-0.3, -0.25) is 4.79 Å².